The van der Waals surface area contributed by atoms with E-state index in [0.29, 0.717) is 12.1 Å². The highest BCUT2D eigenvalue weighted by Gasteiger charge is 2.55. The minimum Gasteiger partial charge on any atom is -0.323 e. The molecule has 8 aliphatic rings. The largest absolute Gasteiger partial charge is 0.323 e. The molecule has 10 rings (SSSR count). The number of benzene rings is 2. The minimum atomic E-state index is -0.245. The second-order valence-corrected chi connectivity index (χ2v) is 18.7. The van der Waals surface area contributed by atoms with E-state index >= 15 is 0 Å². The van der Waals surface area contributed by atoms with Crippen LogP contribution in [0.2, 0.25) is 0 Å². The molecule has 4 saturated carbocycles. The van der Waals surface area contributed by atoms with Gasteiger partial charge in [-0.15, -0.1) is 0 Å². The van der Waals surface area contributed by atoms with Crippen LogP contribution in [-0.2, 0) is 33.3 Å². The van der Waals surface area contributed by atoms with E-state index in [1.165, 1.54) is 163 Å². The summed E-state index contributed by atoms with van der Waals surface area (Å²) in [4.78, 5) is 32.2. The molecule has 6 aliphatic carbocycles. The number of amides is 2. The van der Waals surface area contributed by atoms with E-state index in [0.717, 1.165) is 47.9 Å². The molecule has 276 valence electrons. The van der Waals surface area contributed by atoms with E-state index in [1.807, 2.05) is 0 Å². The first kappa shape index (κ1) is 33.6. The fraction of sp³-hybridized carbons (Fsp3) is 0.652. The molecule has 2 aliphatic heterocycles. The number of likely N-dealkylation sites (tertiary alicyclic amines) is 2. The third-order valence-electron chi connectivity index (χ3n) is 16.3. The molecule has 0 spiro atoms. The SMILES string of the molecule is O=C(/C=C/C(=O)Nc1ccc2c(c1)[C@@]13CCCCC1[C@@H](C2)N(CC1CCC1)CC3)Nc1ccc2c(c1)[C@@]13CCCCC1[C@@H](C2)N(CC1CCC1)CC3. The van der Waals surface area contributed by atoms with E-state index < -0.39 is 0 Å². The molecule has 6 heteroatoms. The summed E-state index contributed by atoms with van der Waals surface area (Å²) in [7, 11) is 0. The first-order valence-corrected chi connectivity index (χ1v) is 21.5. The van der Waals surface area contributed by atoms with Crippen LogP contribution in [0.3, 0.4) is 0 Å². The molecule has 2 aromatic carbocycles. The Labute approximate surface area is 311 Å². The Morgan fingerprint density at radius 1 is 0.596 bits per heavy atom. The Bertz CT molecular complexity index is 1620. The summed E-state index contributed by atoms with van der Waals surface area (Å²) in [6.07, 6.45) is 26.7. The van der Waals surface area contributed by atoms with Crippen molar-refractivity contribution in [3.8, 4) is 0 Å². The lowest BCUT2D eigenvalue weighted by atomic mass is 9.52. The fourth-order valence-electron chi connectivity index (χ4n) is 13.3. The molecule has 4 bridgehead atoms. The van der Waals surface area contributed by atoms with Crippen LogP contribution in [0.1, 0.15) is 125 Å². The number of hydrogen-bond acceptors (Lipinski definition) is 4. The van der Waals surface area contributed by atoms with Crippen LogP contribution in [0.25, 0.3) is 0 Å². The van der Waals surface area contributed by atoms with Gasteiger partial charge in [-0.1, -0.05) is 50.7 Å². The first-order valence-electron chi connectivity index (χ1n) is 21.5. The Morgan fingerprint density at radius 3 is 1.48 bits per heavy atom. The van der Waals surface area contributed by atoms with E-state index in [4.69, 9.17) is 0 Å². The molecule has 2 heterocycles. The van der Waals surface area contributed by atoms with Gasteiger partial charge in [0.25, 0.3) is 0 Å². The van der Waals surface area contributed by atoms with Crippen LogP contribution in [-0.4, -0.2) is 59.9 Å². The van der Waals surface area contributed by atoms with Crippen LogP contribution in [0.4, 0.5) is 11.4 Å². The van der Waals surface area contributed by atoms with Crippen molar-refractivity contribution >= 4 is 23.2 Å². The molecular weight excluding hydrogens is 641 g/mol. The van der Waals surface area contributed by atoms with Crippen molar-refractivity contribution in [1.82, 2.24) is 9.80 Å². The quantitative estimate of drug-likeness (QED) is 0.271. The normalized spacial score (nSPS) is 34.2. The van der Waals surface area contributed by atoms with Crippen molar-refractivity contribution in [2.75, 3.05) is 36.8 Å². The monoisotopic (exact) mass is 700 g/mol. The zero-order valence-corrected chi connectivity index (χ0v) is 31.4. The number of nitrogens with zero attached hydrogens (tertiary/aromatic N) is 2. The maximum Gasteiger partial charge on any atom is 0.248 e. The molecule has 2 N–H and O–H groups in total. The van der Waals surface area contributed by atoms with Crippen LogP contribution in [0.15, 0.2) is 48.6 Å². The summed E-state index contributed by atoms with van der Waals surface area (Å²) < 4.78 is 0. The van der Waals surface area contributed by atoms with Crippen molar-refractivity contribution in [3.63, 3.8) is 0 Å². The van der Waals surface area contributed by atoms with Gasteiger partial charge >= 0.3 is 0 Å². The molecule has 2 aromatic rings. The van der Waals surface area contributed by atoms with Gasteiger partial charge in [0.2, 0.25) is 11.8 Å². The van der Waals surface area contributed by atoms with Gasteiger partial charge < -0.3 is 10.6 Å². The number of anilines is 2. The molecule has 6 fully saturated rings. The highest BCUT2D eigenvalue weighted by molar-refractivity contribution is 6.07. The topological polar surface area (TPSA) is 64.7 Å². The Hall–Kier alpha value is -2.96. The molecule has 6 atom stereocenters. The second kappa shape index (κ2) is 13.4. The van der Waals surface area contributed by atoms with Crippen molar-refractivity contribution in [2.24, 2.45) is 23.7 Å². The number of piperidine rings is 2. The summed E-state index contributed by atoms with van der Waals surface area (Å²) in [5, 5.41) is 6.25. The maximum atomic E-state index is 13.2. The minimum absolute atomic E-state index is 0.245. The summed E-state index contributed by atoms with van der Waals surface area (Å²) in [6.45, 7) is 5.04. The molecule has 0 radical (unpaired) electrons. The van der Waals surface area contributed by atoms with Crippen molar-refractivity contribution in [3.05, 3.63) is 70.8 Å². The molecule has 2 saturated heterocycles. The summed E-state index contributed by atoms with van der Waals surface area (Å²) in [6, 6.07) is 14.7. The maximum absolute atomic E-state index is 13.2. The smallest absolute Gasteiger partial charge is 0.248 e. The van der Waals surface area contributed by atoms with Crippen LogP contribution < -0.4 is 10.6 Å². The van der Waals surface area contributed by atoms with E-state index in [1.54, 1.807) is 0 Å². The van der Waals surface area contributed by atoms with Gasteiger partial charge in [-0.2, -0.15) is 0 Å². The third kappa shape index (κ3) is 5.72. The summed E-state index contributed by atoms with van der Waals surface area (Å²) in [5.74, 6) is 2.81. The molecule has 0 aromatic heterocycles. The summed E-state index contributed by atoms with van der Waals surface area (Å²) in [5.41, 5.74) is 8.21. The Morgan fingerprint density at radius 2 is 1.06 bits per heavy atom. The molecule has 6 nitrogen and oxygen atoms in total. The van der Waals surface area contributed by atoms with Gasteiger partial charge in [0, 0.05) is 59.5 Å². The molecule has 2 amide bonds. The van der Waals surface area contributed by atoms with Crippen molar-refractivity contribution in [1.29, 1.82) is 0 Å². The predicted molar refractivity (Wildman–Crippen MR) is 209 cm³/mol. The van der Waals surface area contributed by atoms with Crippen LogP contribution in [0.5, 0.6) is 0 Å². The number of hydrogen-bond donors (Lipinski definition) is 2. The van der Waals surface area contributed by atoms with Gasteiger partial charge in [-0.3, -0.25) is 19.4 Å². The highest BCUT2D eigenvalue weighted by atomic mass is 16.2. The number of fused-ring (bicyclic) bond motifs is 2. The Balaban J connectivity index is 0.811. The van der Waals surface area contributed by atoms with Gasteiger partial charge in [0.1, 0.15) is 0 Å². The average Bonchev–Trinajstić information content (AvgIpc) is 3.12. The van der Waals surface area contributed by atoms with E-state index in [9.17, 15) is 9.59 Å². The number of carbonyl (C=O) groups excluding carboxylic acids is 2. The van der Waals surface area contributed by atoms with Crippen molar-refractivity contribution < 1.29 is 9.59 Å². The van der Waals surface area contributed by atoms with E-state index in [2.05, 4.69) is 56.8 Å². The number of nitrogens with one attached hydrogen (secondary N) is 2. The standard InChI is InChI=1S/C46H60N4O2/c51-43(47-35-15-13-33-25-41-37-11-1-3-19-45(37,39(33)27-35)21-23-49(41)29-31-7-5-8-31)17-18-44(52)48-36-16-14-34-26-42-38-12-2-4-20-46(38,40(34)28-36)22-24-50(42)30-32-9-6-10-32/h13-18,27-28,31-32,37-38,41-42H,1-12,19-26,29-30H2,(H,47,51)(H,48,52)/b18-17+/t37?,38?,41-,42-,45-,46-/m1/s1. The van der Waals surface area contributed by atoms with Gasteiger partial charge in [-0.25, -0.2) is 0 Å². The number of carbonyl (C=O) groups is 2. The van der Waals surface area contributed by atoms with E-state index in [-0.39, 0.29) is 22.6 Å². The zero-order chi connectivity index (χ0) is 34.9. The predicted octanol–water partition coefficient (Wildman–Crippen LogP) is 8.54. The Kier molecular flexibility index (Phi) is 8.66. The molecule has 52 heavy (non-hydrogen) atoms. The lowest BCUT2D eigenvalue weighted by molar-refractivity contribution is -0.114. The van der Waals surface area contributed by atoms with Crippen LogP contribution in [0, 0.1) is 23.7 Å². The van der Waals surface area contributed by atoms with Gasteiger partial charge in [0.05, 0.1) is 0 Å². The number of rotatable bonds is 8. The lowest BCUT2D eigenvalue weighted by Crippen LogP contribution is -2.61. The van der Waals surface area contributed by atoms with Crippen molar-refractivity contribution in [2.45, 2.75) is 138 Å². The van der Waals surface area contributed by atoms with Crippen LogP contribution >= 0.6 is 0 Å². The third-order valence-corrected chi connectivity index (χ3v) is 16.3. The van der Waals surface area contributed by atoms with Gasteiger partial charge in [0.15, 0.2) is 0 Å². The highest BCUT2D eigenvalue weighted by Crippen LogP contribution is 2.58. The van der Waals surface area contributed by atoms with Gasteiger partial charge in [-0.05, 0) is 160 Å². The molecule has 2 unspecified atom stereocenters. The second-order valence-electron chi connectivity index (χ2n) is 18.7. The zero-order valence-electron chi connectivity index (χ0n) is 31.4. The summed E-state index contributed by atoms with van der Waals surface area (Å²) >= 11 is 0. The first-order chi connectivity index (χ1) is 25.5. The molecular formula is C46H60N4O2. The lowest BCUT2D eigenvalue weighted by Gasteiger charge is -2.59. The fourth-order valence-corrected chi connectivity index (χ4v) is 13.3. The average molecular weight is 701 g/mol.